The summed E-state index contributed by atoms with van der Waals surface area (Å²) < 4.78 is 32.2. The van der Waals surface area contributed by atoms with Crippen LogP contribution in [0.15, 0.2) is 77.5 Å². The molecule has 3 heterocycles. The number of methoxy groups -OCH3 is 1. The first kappa shape index (κ1) is 28.7. The predicted molar refractivity (Wildman–Crippen MR) is 164 cm³/mol. The summed E-state index contributed by atoms with van der Waals surface area (Å²) in [5.41, 5.74) is 1.86. The molecule has 2 N–H and O–H groups in total. The molecule has 0 aliphatic carbocycles. The first-order valence-corrected chi connectivity index (χ1v) is 14.1. The van der Waals surface area contributed by atoms with Crippen molar-refractivity contribution in [2.75, 3.05) is 37.4 Å². The maximum atomic E-state index is 15.3. The summed E-state index contributed by atoms with van der Waals surface area (Å²) in [6.45, 7) is 4.54. The fraction of sp³-hybridized carbons (Fsp3) is 0.219. The van der Waals surface area contributed by atoms with Gasteiger partial charge in [-0.2, -0.15) is 0 Å². The highest BCUT2D eigenvalue weighted by Gasteiger charge is 2.15. The number of nitrogens with one attached hydrogen (secondary N) is 2. The Labute approximate surface area is 252 Å². The smallest absolute Gasteiger partial charge is 0.248 e. The lowest BCUT2D eigenvalue weighted by molar-refractivity contribution is -0.111. The highest BCUT2D eigenvalue weighted by molar-refractivity contribution is 6.03. The third kappa shape index (κ3) is 6.65. The fourth-order valence-electron chi connectivity index (χ4n) is 4.93. The zero-order valence-corrected chi connectivity index (χ0v) is 24.2. The van der Waals surface area contributed by atoms with E-state index >= 15 is 4.39 Å². The standard InChI is InChI=1S/C32H30FN7O4/c1-20-38-39-32(43-20)21-7-5-8-22(15-21)44-23-10-11-26(25(33)16-23)37-31-24-17-28(29(42-2)18-27(24)34-19-35-31)36-30(41)9-6-14-40-12-3-4-13-40/h5-11,15-19H,3-4,12-14H2,1-2H3,(H,36,41)(H,34,35,37)/b9-6+. The van der Waals surface area contributed by atoms with Gasteiger partial charge in [0.2, 0.25) is 17.7 Å². The van der Waals surface area contributed by atoms with E-state index in [2.05, 4.69) is 35.7 Å². The van der Waals surface area contributed by atoms with Crippen molar-refractivity contribution in [3.63, 3.8) is 0 Å². The number of benzene rings is 3. The number of carbonyl (C=O) groups excluding carboxylic acids is 1. The number of ether oxygens (including phenoxy) is 2. The molecule has 224 valence electrons. The molecule has 5 aromatic rings. The van der Waals surface area contributed by atoms with Gasteiger partial charge in [0.25, 0.3) is 0 Å². The van der Waals surface area contributed by atoms with Crippen LogP contribution in [0, 0.1) is 12.7 Å². The molecule has 0 radical (unpaired) electrons. The SMILES string of the molecule is COc1cc2ncnc(Nc3ccc(Oc4cccc(-c5nnc(C)o5)c4)cc3F)c2cc1NC(=O)/C=C/CN1CCCC1. The Morgan fingerprint density at radius 1 is 1.05 bits per heavy atom. The van der Waals surface area contributed by atoms with E-state index in [1.54, 1.807) is 49.4 Å². The minimum Gasteiger partial charge on any atom is -0.494 e. The number of halogens is 1. The van der Waals surface area contributed by atoms with Gasteiger partial charge < -0.3 is 24.5 Å². The molecular weight excluding hydrogens is 565 g/mol. The van der Waals surface area contributed by atoms with E-state index in [0.29, 0.717) is 57.0 Å². The third-order valence-electron chi connectivity index (χ3n) is 7.08. The molecule has 0 atom stereocenters. The van der Waals surface area contributed by atoms with Crippen molar-refractivity contribution in [2.24, 2.45) is 0 Å². The molecule has 1 fully saturated rings. The summed E-state index contributed by atoms with van der Waals surface area (Å²) in [5, 5.41) is 14.3. The number of fused-ring (bicyclic) bond motifs is 1. The average Bonchev–Trinajstić information content (AvgIpc) is 3.70. The number of aryl methyl sites for hydroxylation is 1. The maximum absolute atomic E-state index is 15.3. The molecule has 12 heteroatoms. The van der Waals surface area contributed by atoms with E-state index in [4.69, 9.17) is 13.9 Å². The van der Waals surface area contributed by atoms with Crippen LogP contribution in [0.25, 0.3) is 22.4 Å². The molecule has 0 spiro atoms. The van der Waals surface area contributed by atoms with Gasteiger partial charge in [0.1, 0.15) is 35.2 Å². The van der Waals surface area contributed by atoms with E-state index in [1.807, 2.05) is 12.1 Å². The third-order valence-corrected chi connectivity index (χ3v) is 7.08. The lowest BCUT2D eigenvalue weighted by Crippen LogP contribution is -2.19. The van der Waals surface area contributed by atoms with Crippen molar-refractivity contribution in [3.05, 3.63) is 84.8 Å². The van der Waals surface area contributed by atoms with Crippen molar-refractivity contribution in [2.45, 2.75) is 19.8 Å². The topological polar surface area (TPSA) is 128 Å². The lowest BCUT2D eigenvalue weighted by atomic mass is 10.1. The quantitative estimate of drug-likeness (QED) is 0.179. The number of carbonyl (C=O) groups is 1. The molecule has 1 aliphatic heterocycles. The summed E-state index contributed by atoms with van der Waals surface area (Å²) in [5.74, 6) is 1.55. The van der Waals surface area contributed by atoms with Gasteiger partial charge in [0.15, 0.2) is 0 Å². The molecule has 0 saturated carbocycles. The molecule has 1 amide bonds. The number of likely N-dealkylation sites (tertiary alicyclic amines) is 1. The average molecular weight is 596 g/mol. The van der Waals surface area contributed by atoms with Crippen molar-refractivity contribution in [1.82, 2.24) is 25.1 Å². The van der Waals surface area contributed by atoms with Crippen LogP contribution in [0.1, 0.15) is 18.7 Å². The van der Waals surface area contributed by atoms with Crippen LogP contribution in [-0.2, 0) is 4.79 Å². The van der Waals surface area contributed by atoms with Crippen molar-refractivity contribution < 1.29 is 23.1 Å². The highest BCUT2D eigenvalue weighted by atomic mass is 19.1. The minimum absolute atomic E-state index is 0.179. The largest absolute Gasteiger partial charge is 0.494 e. The van der Waals surface area contributed by atoms with Crippen LogP contribution in [-0.4, -0.2) is 57.7 Å². The van der Waals surface area contributed by atoms with Gasteiger partial charge in [-0.25, -0.2) is 14.4 Å². The number of hydrogen-bond donors (Lipinski definition) is 2. The van der Waals surface area contributed by atoms with E-state index in [0.717, 1.165) is 19.6 Å². The highest BCUT2D eigenvalue weighted by Crippen LogP contribution is 2.34. The van der Waals surface area contributed by atoms with E-state index in [-0.39, 0.29) is 11.6 Å². The zero-order valence-electron chi connectivity index (χ0n) is 24.2. The summed E-state index contributed by atoms with van der Waals surface area (Å²) in [4.78, 5) is 23.6. The number of anilines is 3. The Morgan fingerprint density at radius 3 is 2.66 bits per heavy atom. The number of nitrogens with zero attached hydrogens (tertiary/aromatic N) is 5. The van der Waals surface area contributed by atoms with Gasteiger partial charge >= 0.3 is 0 Å². The Balaban J connectivity index is 1.19. The number of amides is 1. The number of hydrogen-bond acceptors (Lipinski definition) is 10. The lowest BCUT2D eigenvalue weighted by Gasteiger charge is -2.14. The maximum Gasteiger partial charge on any atom is 0.248 e. The molecule has 3 aromatic carbocycles. The fourth-order valence-corrected chi connectivity index (χ4v) is 4.93. The van der Waals surface area contributed by atoms with Gasteiger partial charge in [0.05, 0.1) is 24.0 Å². The Morgan fingerprint density at radius 2 is 1.89 bits per heavy atom. The molecular formula is C32H30FN7O4. The molecule has 11 nitrogen and oxygen atoms in total. The normalized spacial score (nSPS) is 13.4. The zero-order chi connectivity index (χ0) is 30.5. The first-order chi connectivity index (χ1) is 21.4. The van der Waals surface area contributed by atoms with Crippen LogP contribution in [0.2, 0.25) is 0 Å². The van der Waals surface area contributed by atoms with Crippen LogP contribution in [0.4, 0.5) is 21.6 Å². The van der Waals surface area contributed by atoms with E-state index in [1.165, 1.54) is 38.4 Å². The Bertz CT molecular complexity index is 1840. The number of rotatable bonds is 10. The second-order valence-corrected chi connectivity index (χ2v) is 10.2. The minimum atomic E-state index is -0.553. The Kier molecular flexibility index (Phi) is 8.41. The van der Waals surface area contributed by atoms with E-state index in [9.17, 15) is 4.79 Å². The number of aromatic nitrogens is 4. The molecule has 44 heavy (non-hydrogen) atoms. The first-order valence-electron chi connectivity index (χ1n) is 14.1. The van der Waals surface area contributed by atoms with Crippen molar-refractivity contribution in [3.8, 4) is 28.7 Å². The molecule has 6 rings (SSSR count). The summed E-state index contributed by atoms with van der Waals surface area (Å²) >= 11 is 0. The predicted octanol–water partition coefficient (Wildman–Crippen LogP) is 6.26. The monoisotopic (exact) mass is 595 g/mol. The molecule has 1 saturated heterocycles. The second-order valence-electron chi connectivity index (χ2n) is 10.2. The van der Waals surface area contributed by atoms with Crippen molar-refractivity contribution in [1.29, 1.82) is 0 Å². The van der Waals surface area contributed by atoms with Gasteiger partial charge in [0, 0.05) is 42.6 Å². The molecule has 0 unspecified atom stereocenters. The van der Waals surface area contributed by atoms with Crippen LogP contribution < -0.4 is 20.1 Å². The van der Waals surface area contributed by atoms with Crippen LogP contribution in [0.5, 0.6) is 17.2 Å². The van der Waals surface area contributed by atoms with Gasteiger partial charge in [-0.3, -0.25) is 9.69 Å². The molecule has 0 bridgehead atoms. The van der Waals surface area contributed by atoms with Gasteiger partial charge in [-0.05, 0) is 62.3 Å². The van der Waals surface area contributed by atoms with Crippen molar-refractivity contribution >= 4 is 34.0 Å². The van der Waals surface area contributed by atoms with Crippen LogP contribution >= 0.6 is 0 Å². The summed E-state index contributed by atoms with van der Waals surface area (Å²) in [6.07, 6.45) is 7.12. The van der Waals surface area contributed by atoms with Gasteiger partial charge in [-0.1, -0.05) is 12.1 Å². The van der Waals surface area contributed by atoms with Gasteiger partial charge in [-0.15, -0.1) is 10.2 Å². The Hall–Kier alpha value is -5.36. The molecule has 1 aliphatic rings. The summed E-state index contributed by atoms with van der Waals surface area (Å²) in [6, 6.07) is 15.0. The summed E-state index contributed by atoms with van der Waals surface area (Å²) in [7, 11) is 1.52. The second kappa shape index (κ2) is 12.9. The molecule has 2 aromatic heterocycles. The van der Waals surface area contributed by atoms with E-state index < -0.39 is 5.82 Å². The van der Waals surface area contributed by atoms with Crippen LogP contribution in [0.3, 0.4) is 0 Å².